The number of carbonyl (C=O) groups excluding carboxylic acids is 1. The number of hydrogen-bond donors (Lipinski definition) is 1. The first kappa shape index (κ1) is 20.1. The first-order chi connectivity index (χ1) is 14.6. The Hall–Kier alpha value is -3.18. The molecule has 0 fully saturated rings. The third kappa shape index (κ3) is 3.81. The largest absolute Gasteiger partial charge is 0.496 e. The van der Waals surface area contributed by atoms with Gasteiger partial charge in [-0.2, -0.15) is 4.98 Å². The van der Waals surface area contributed by atoms with Crippen molar-refractivity contribution >= 4 is 45.8 Å². The van der Waals surface area contributed by atoms with E-state index in [4.69, 9.17) is 9.47 Å². The van der Waals surface area contributed by atoms with Crippen molar-refractivity contribution < 1.29 is 14.3 Å². The lowest BCUT2D eigenvalue weighted by Crippen LogP contribution is -2.11. The zero-order valence-electron chi connectivity index (χ0n) is 16.4. The predicted octanol–water partition coefficient (Wildman–Crippen LogP) is 3.90. The van der Waals surface area contributed by atoms with Gasteiger partial charge in [-0.25, -0.2) is 19.3 Å². The number of thioether (sulfide) groups is 1. The molecule has 0 saturated carbocycles. The number of nitrogens with one attached hydrogen (secondary N) is 1. The van der Waals surface area contributed by atoms with Crippen molar-refractivity contribution in [1.29, 1.82) is 0 Å². The molecule has 3 heterocycles. The Bertz CT molecular complexity index is 1210. The predicted molar refractivity (Wildman–Crippen MR) is 116 cm³/mol. The molecule has 30 heavy (non-hydrogen) atoms. The molecule has 0 aliphatic carbocycles. The van der Waals surface area contributed by atoms with Crippen molar-refractivity contribution in [2.24, 2.45) is 0 Å². The summed E-state index contributed by atoms with van der Waals surface area (Å²) in [6, 6.07) is 7.71. The number of fused-ring (bicyclic) bond motifs is 1. The number of anilines is 2. The monoisotopic (exact) mass is 442 g/mol. The zero-order chi connectivity index (χ0) is 21.1. The molecule has 3 aromatic heterocycles. The summed E-state index contributed by atoms with van der Waals surface area (Å²) in [4.78, 5) is 26.0. The average molecular weight is 443 g/mol. The second-order valence-corrected chi connectivity index (χ2v) is 7.53. The number of esters is 1. The SMILES string of the molecule is CCOC(=O)c1cnc(SC)nc1Nc1nc2scc(-c3ccccc3OC)n2n1. The fourth-order valence-electron chi connectivity index (χ4n) is 2.80. The minimum atomic E-state index is -0.511. The maximum Gasteiger partial charge on any atom is 0.343 e. The number of carbonyl (C=O) groups is 1. The van der Waals surface area contributed by atoms with Gasteiger partial charge in [0, 0.05) is 17.1 Å². The van der Waals surface area contributed by atoms with E-state index in [1.165, 1.54) is 29.3 Å². The molecule has 0 unspecified atom stereocenters. The number of para-hydroxylation sites is 1. The van der Waals surface area contributed by atoms with E-state index in [1.54, 1.807) is 18.5 Å². The Balaban J connectivity index is 1.72. The molecule has 4 aromatic rings. The van der Waals surface area contributed by atoms with Crippen LogP contribution in [0.1, 0.15) is 17.3 Å². The molecule has 1 aromatic carbocycles. The third-order valence-electron chi connectivity index (χ3n) is 4.14. The van der Waals surface area contributed by atoms with Gasteiger partial charge in [-0.05, 0) is 25.3 Å². The van der Waals surface area contributed by atoms with Crippen molar-refractivity contribution in [3.63, 3.8) is 0 Å². The van der Waals surface area contributed by atoms with E-state index in [1.807, 2.05) is 35.9 Å². The van der Waals surface area contributed by atoms with Crippen molar-refractivity contribution in [3.05, 3.63) is 41.4 Å². The molecule has 0 saturated heterocycles. The smallest absolute Gasteiger partial charge is 0.343 e. The Morgan fingerprint density at radius 2 is 2.13 bits per heavy atom. The lowest BCUT2D eigenvalue weighted by Gasteiger charge is -2.09. The summed E-state index contributed by atoms with van der Waals surface area (Å²) in [7, 11) is 1.63. The second-order valence-electron chi connectivity index (χ2n) is 5.92. The summed E-state index contributed by atoms with van der Waals surface area (Å²) in [5.41, 5.74) is 1.98. The number of benzene rings is 1. The Labute approximate surface area is 180 Å². The highest BCUT2D eigenvalue weighted by Crippen LogP contribution is 2.33. The highest BCUT2D eigenvalue weighted by molar-refractivity contribution is 7.98. The van der Waals surface area contributed by atoms with Gasteiger partial charge in [0.05, 0.1) is 19.4 Å². The maximum atomic E-state index is 12.3. The molecule has 0 spiro atoms. The summed E-state index contributed by atoms with van der Waals surface area (Å²) in [5, 5.41) is 10.1. The summed E-state index contributed by atoms with van der Waals surface area (Å²) in [5.74, 6) is 0.842. The number of ether oxygens (including phenoxy) is 2. The van der Waals surface area contributed by atoms with Crippen LogP contribution in [0.2, 0.25) is 0 Å². The van der Waals surface area contributed by atoms with Crippen LogP contribution in [0.25, 0.3) is 16.2 Å². The van der Waals surface area contributed by atoms with Crippen molar-refractivity contribution in [3.8, 4) is 17.0 Å². The van der Waals surface area contributed by atoms with E-state index in [0.29, 0.717) is 21.9 Å². The van der Waals surface area contributed by atoms with Gasteiger partial charge in [0.15, 0.2) is 11.0 Å². The van der Waals surface area contributed by atoms with Crippen LogP contribution in [-0.4, -0.2) is 50.5 Å². The number of thiazole rings is 1. The van der Waals surface area contributed by atoms with Gasteiger partial charge in [0.1, 0.15) is 11.3 Å². The molecule has 154 valence electrons. The minimum Gasteiger partial charge on any atom is -0.496 e. The highest BCUT2D eigenvalue weighted by atomic mass is 32.2. The molecule has 0 aliphatic rings. The molecule has 0 radical (unpaired) electrons. The summed E-state index contributed by atoms with van der Waals surface area (Å²) in [6.45, 7) is 2.00. The molecule has 0 atom stereocenters. The number of rotatable bonds is 7. The number of nitrogens with zero attached hydrogens (tertiary/aromatic N) is 5. The number of methoxy groups -OCH3 is 1. The molecule has 9 nitrogen and oxygen atoms in total. The zero-order valence-corrected chi connectivity index (χ0v) is 18.1. The van der Waals surface area contributed by atoms with Gasteiger partial charge >= 0.3 is 5.97 Å². The van der Waals surface area contributed by atoms with Crippen LogP contribution >= 0.6 is 23.1 Å². The first-order valence-electron chi connectivity index (χ1n) is 8.97. The van der Waals surface area contributed by atoms with Gasteiger partial charge < -0.3 is 14.8 Å². The Morgan fingerprint density at radius 1 is 1.30 bits per heavy atom. The van der Waals surface area contributed by atoms with Crippen LogP contribution in [-0.2, 0) is 4.74 Å². The van der Waals surface area contributed by atoms with Crippen LogP contribution < -0.4 is 10.1 Å². The van der Waals surface area contributed by atoms with Crippen molar-refractivity contribution in [1.82, 2.24) is 24.6 Å². The molecular formula is C19H18N6O3S2. The van der Waals surface area contributed by atoms with Gasteiger partial charge in [-0.3, -0.25) is 0 Å². The summed E-state index contributed by atoms with van der Waals surface area (Å²) >= 11 is 2.82. The molecular weight excluding hydrogens is 424 g/mol. The van der Waals surface area contributed by atoms with E-state index >= 15 is 0 Å². The highest BCUT2D eigenvalue weighted by Gasteiger charge is 2.19. The average Bonchev–Trinajstić information content (AvgIpc) is 3.34. The standard InChI is InChI=1S/C19H18N6O3S2/c1-4-28-16(26)12-9-20-18(29-3)22-15(12)21-17-23-19-25(24-17)13(10-30-19)11-7-5-6-8-14(11)27-2/h5-10H,4H2,1-3H3,(H,20,21,22,24). The normalized spacial score (nSPS) is 10.9. The Morgan fingerprint density at radius 3 is 2.90 bits per heavy atom. The van der Waals surface area contributed by atoms with Crippen LogP contribution in [0, 0.1) is 0 Å². The van der Waals surface area contributed by atoms with E-state index in [9.17, 15) is 4.79 Å². The van der Waals surface area contributed by atoms with Crippen molar-refractivity contribution in [2.45, 2.75) is 12.1 Å². The molecule has 11 heteroatoms. The van der Waals surface area contributed by atoms with Crippen LogP contribution in [0.15, 0.2) is 41.0 Å². The summed E-state index contributed by atoms with van der Waals surface area (Å²) in [6.07, 6.45) is 3.30. The number of aromatic nitrogens is 5. The first-order valence-corrected chi connectivity index (χ1v) is 11.1. The van der Waals surface area contributed by atoms with E-state index < -0.39 is 5.97 Å². The molecule has 0 amide bonds. The van der Waals surface area contributed by atoms with Crippen LogP contribution in [0.3, 0.4) is 0 Å². The quantitative estimate of drug-likeness (QED) is 0.259. The van der Waals surface area contributed by atoms with Crippen molar-refractivity contribution in [2.75, 3.05) is 25.3 Å². The van der Waals surface area contributed by atoms with Gasteiger partial charge in [0.25, 0.3) is 0 Å². The Kier molecular flexibility index (Phi) is 5.81. The molecule has 0 aliphatic heterocycles. The maximum absolute atomic E-state index is 12.3. The van der Waals surface area contributed by atoms with Gasteiger partial charge in [-0.1, -0.05) is 23.9 Å². The molecule has 1 N–H and O–H groups in total. The lowest BCUT2D eigenvalue weighted by atomic mass is 10.1. The van der Waals surface area contributed by atoms with Gasteiger partial charge in [0.2, 0.25) is 10.9 Å². The molecule has 4 rings (SSSR count). The topological polar surface area (TPSA) is 104 Å². The second kappa shape index (κ2) is 8.67. The summed E-state index contributed by atoms with van der Waals surface area (Å²) < 4.78 is 12.3. The number of hydrogen-bond acceptors (Lipinski definition) is 10. The van der Waals surface area contributed by atoms with Crippen LogP contribution in [0.4, 0.5) is 11.8 Å². The minimum absolute atomic E-state index is 0.220. The fourth-order valence-corrected chi connectivity index (χ4v) is 3.96. The van der Waals surface area contributed by atoms with Crippen LogP contribution in [0.5, 0.6) is 5.75 Å². The third-order valence-corrected chi connectivity index (χ3v) is 5.52. The lowest BCUT2D eigenvalue weighted by molar-refractivity contribution is 0.0526. The van der Waals surface area contributed by atoms with Gasteiger partial charge in [-0.15, -0.1) is 16.4 Å². The molecule has 0 bridgehead atoms. The van der Waals surface area contributed by atoms with E-state index in [-0.39, 0.29) is 12.2 Å². The fraction of sp³-hybridized carbons (Fsp3) is 0.211. The van der Waals surface area contributed by atoms with E-state index in [0.717, 1.165) is 17.0 Å². The van der Waals surface area contributed by atoms with E-state index in [2.05, 4.69) is 25.4 Å².